The van der Waals surface area contributed by atoms with Crippen molar-refractivity contribution in [3.05, 3.63) is 54.1 Å². The molecule has 2 rings (SSSR count). The van der Waals surface area contributed by atoms with Gasteiger partial charge in [-0.2, -0.15) is 0 Å². The normalized spacial score (nSPS) is 11.8. The van der Waals surface area contributed by atoms with Gasteiger partial charge in [-0.05, 0) is 12.5 Å². The zero-order valence-corrected chi connectivity index (χ0v) is 11.0. The molecule has 0 amide bonds. The average molecular weight is 257 g/mol. The highest BCUT2D eigenvalue weighted by atomic mass is 15.1. The Kier molecular flexibility index (Phi) is 4.55. The van der Waals surface area contributed by atoms with Crippen LogP contribution in [0.1, 0.15) is 24.2 Å². The van der Waals surface area contributed by atoms with Crippen LogP contribution in [0.3, 0.4) is 0 Å². The Hall–Kier alpha value is -2.30. The predicted octanol–water partition coefficient (Wildman–Crippen LogP) is 1.83. The molecule has 0 saturated carbocycles. The lowest BCUT2D eigenvalue weighted by Crippen LogP contribution is -2.38. The summed E-state index contributed by atoms with van der Waals surface area (Å²) in [6.07, 6.45) is 4.33. The van der Waals surface area contributed by atoms with Crippen LogP contribution in [-0.4, -0.2) is 22.5 Å². The van der Waals surface area contributed by atoms with Gasteiger partial charge in [0.2, 0.25) is 0 Å². The standard InChI is InChI=1S/C14H19N5/c1-11(12-5-3-2-4-6-12)19-14(15)17-8-7-13-9-16-10-18-13/h2-6,9-11H,7-8H2,1H3,(H,16,18)(H3,15,17,19). The minimum absolute atomic E-state index is 0.117. The number of rotatable bonds is 5. The van der Waals surface area contributed by atoms with Crippen LogP contribution in [0.5, 0.6) is 0 Å². The fraction of sp³-hybridized carbons (Fsp3) is 0.286. The van der Waals surface area contributed by atoms with Gasteiger partial charge >= 0.3 is 0 Å². The van der Waals surface area contributed by atoms with Crippen molar-refractivity contribution in [3.63, 3.8) is 0 Å². The first kappa shape index (κ1) is 13.1. The van der Waals surface area contributed by atoms with E-state index in [1.165, 1.54) is 5.56 Å². The average Bonchev–Trinajstić information content (AvgIpc) is 2.93. The SMILES string of the molecule is CC(NC(=N)NCCc1c[nH]cn1)c1ccccc1. The summed E-state index contributed by atoms with van der Waals surface area (Å²) in [5, 5.41) is 14.0. The quantitative estimate of drug-likeness (QED) is 0.487. The molecule has 1 heterocycles. The zero-order valence-electron chi connectivity index (χ0n) is 11.0. The number of benzene rings is 1. The number of nitrogens with zero attached hydrogens (tertiary/aromatic N) is 1. The third kappa shape index (κ3) is 4.13. The van der Waals surface area contributed by atoms with E-state index in [4.69, 9.17) is 5.41 Å². The van der Waals surface area contributed by atoms with Gasteiger partial charge in [0.1, 0.15) is 0 Å². The van der Waals surface area contributed by atoms with Crippen molar-refractivity contribution in [2.24, 2.45) is 0 Å². The summed E-state index contributed by atoms with van der Waals surface area (Å²) in [5.41, 5.74) is 2.16. The first-order chi connectivity index (χ1) is 9.25. The summed E-state index contributed by atoms with van der Waals surface area (Å²) in [7, 11) is 0. The molecule has 0 aliphatic rings. The number of nitrogens with one attached hydrogen (secondary N) is 4. The Morgan fingerprint density at radius 3 is 2.84 bits per heavy atom. The lowest BCUT2D eigenvalue weighted by Gasteiger charge is -2.17. The fourth-order valence-corrected chi connectivity index (χ4v) is 1.84. The van der Waals surface area contributed by atoms with Gasteiger partial charge < -0.3 is 15.6 Å². The molecule has 0 bridgehead atoms. The number of hydrogen-bond acceptors (Lipinski definition) is 2. The van der Waals surface area contributed by atoms with Crippen LogP contribution in [0.4, 0.5) is 0 Å². The van der Waals surface area contributed by atoms with Crippen molar-refractivity contribution >= 4 is 5.96 Å². The largest absolute Gasteiger partial charge is 0.356 e. The molecule has 0 spiro atoms. The van der Waals surface area contributed by atoms with Gasteiger partial charge in [0.05, 0.1) is 18.1 Å². The van der Waals surface area contributed by atoms with Crippen molar-refractivity contribution in [1.29, 1.82) is 5.41 Å². The first-order valence-electron chi connectivity index (χ1n) is 6.37. The maximum Gasteiger partial charge on any atom is 0.188 e. The van der Waals surface area contributed by atoms with Crippen LogP contribution < -0.4 is 10.6 Å². The number of H-pyrrole nitrogens is 1. The summed E-state index contributed by atoms with van der Waals surface area (Å²) in [6.45, 7) is 2.73. The molecule has 5 nitrogen and oxygen atoms in total. The van der Waals surface area contributed by atoms with Gasteiger partial charge in [-0.15, -0.1) is 0 Å². The van der Waals surface area contributed by atoms with Gasteiger partial charge in [0.15, 0.2) is 5.96 Å². The topological polar surface area (TPSA) is 76.6 Å². The molecule has 100 valence electrons. The molecule has 0 saturated heterocycles. The van der Waals surface area contributed by atoms with E-state index in [0.29, 0.717) is 12.5 Å². The molecule has 4 N–H and O–H groups in total. The summed E-state index contributed by atoms with van der Waals surface area (Å²) in [5.74, 6) is 0.340. The maximum atomic E-state index is 7.85. The molecule has 2 aromatic rings. The van der Waals surface area contributed by atoms with E-state index in [-0.39, 0.29) is 6.04 Å². The van der Waals surface area contributed by atoms with Gasteiger partial charge in [-0.3, -0.25) is 5.41 Å². The molecule has 0 aliphatic heterocycles. The van der Waals surface area contributed by atoms with E-state index in [0.717, 1.165) is 12.1 Å². The lowest BCUT2D eigenvalue weighted by molar-refractivity contribution is 0.680. The Bertz CT molecular complexity index is 492. The Labute approximate surface area is 113 Å². The van der Waals surface area contributed by atoms with Gasteiger partial charge in [-0.25, -0.2) is 4.98 Å². The van der Waals surface area contributed by atoms with Crippen molar-refractivity contribution in [2.45, 2.75) is 19.4 Å². The van der Waals surface area contributed by atoms with Crippen LogP contribution in [0, 0.1) is 5.41 Å². The number of hydrogen-bond donors (Lipinski definition) is 4. The van der Waals surface area contributed by atoms with Crippen molar-refractivity contribution in [3.8, 4) is 0 Å². The number of imidazole rings is 1. The summed E-state index contributed by atoms with van der Waals surface area (Å²) >= 11 is 0. The molecule has 0 radical (unpaired) electrons. The van der Waals surface area contributed by atoms with Crippen LogP contribution >= 0.6 is 0 Å². The molecular weight excluding hydrogens is 238 g/mol. The van der Waals surface area contributed by atoms with E-state index in [9.17, 15) is 0 Å². The first-order valence-corrected chi connectivity index (χ1v) is 6.37. The molecular formula is C14H19N5. The van der Waals surface area contributed by atoms with E-state index < -0.39 is 0 Å². The lowest BCUT2D eigenvalue weighted by atomic mass is 10.1. The fourth-order valence-electron chi connectivity index (χ4n) is 1.84. The van der Waals surface area contributed by atoms with Gasteiger partial charge in [-0.1, -0.05) is 30.3 Å². The summed E-state index contributed by atoms with van der Waals surface area (Å²) < 4.78 is 0. The highest BCUT2D eigenvalue weighted by Crippen LogP contribution is 2.10. The van der Waals surface area contributed by atoms with E-state index >= 15 is 0 Å². The smallest absolute Gasteiger partial charge is 0.188 e. The minimum Gasteiger partial charge on any atom is -0.356 e. The Morgan fingerprint density at radius 1 is 1.37 bits per heavy atom. The Morgan fingerprint density at radius 2 is 2.16 bits per heavy atom. The molecule has 0 aliphatic carbocycles. The van der Waals surface area contributed by atoms with Crippen molar-refractivity contribution in [1.82, 2.24) is 20.6 Å². The molecule has 19 heavy (non-hydrogen) atoms. The highest BCUT2D eigenvalue weighted by molar-refractivity contribution is 5.76. The maximum absolute atomic E-state index is 7.85. The van der Waals surface area contributed by atoms with Crippen LogP contribution in [0.25, 0.3) is 0 Å². The second kappa shape index (κ2) is 6.58. The molecule has 1 atom stereocenters. The van der Waals surface area contributed by atoms with Crippen LogP contribution in [-0.2, 0) is 6.42 Å². The number of guanidine groups is 1. The van der Waals surface area contributed by atoms with Crippen molar-refractivity contribution in [2.75, 3.05) is 6.54 Å². The second-order valence-electron chi connectivity index (χ2n) is 4.39. The highest BCUT2D eigenvalue weighted by Gasteiger charge is 2.05. The van der Waals surface area contributed by atoms with Gasteiger partial charge in [0, 0.05) is 19.2 Å². The minimum atomic E-state index is 0.117. The zero-order chi connectivity index (χ0) is 13.5. The summed E-state index contributed by atoms with van der Waals surface area (Å²) in [6, 6.07) is 10.2. The molecule has 1 aromatic carbocycles. The third-order valence-corrected chi connectivity index (χ3v) is 2.90. The third-order valence-electron chi connectivity index (χ3n) is 2.90. The van der Waals surface area contributed by atoms with Gasteiger partial charge in [0.25, 0.3) is 0 Å². The van der Waals surface area contributed by atoms with Crippen LogP contribution in [0.15, 0.2) is 42.9 Å². The van der Waals surface area contributed by atoms with Crippen molar-refractivity contribution < 1.29 is 0 Å². The van der Waals surface area contributed by atoms with Crippen LogP contribution in [0.2, 0.25) is 0 Å². The van der Waals surface area contributed by atoms with E-state index in [1.807, 2.05) is 31.3 Å². The molecule has 5 heteroatoms. The summed E-state index contributed by atoms with van der Waals surface area (Å²) in [4.78, 5) is 7.05. The predicted molar refractivity (Wildman–Crippen MR) is 76.0 cm³/mol. The molecule has 1 aromatic heterocycles. The molecule has 0 fully saturated rings. The monoisotopic (exact) mass is 257 g/mol. The number of aromatic amines is 1. The Balaban J connectivity index is 1.72. The second-order valence-corrected chi connectivity index (χ2v) is 4.39. The number of aromatic nitrogens is 2. The molecule has 1 unspecified atom stereocenters. The van der Waals surface area contributed by atoms with E-state index in [1.54, 1.807) is 6.33 Å². The van der Waals surface area contributed by atoms with E-state index in [2.05, 4.69) is 32.7 Å².